The number of morpholine rings is 1. The molecule has 12 heteroatoms. The fourth-order valence-electron chi connectivity index (χ4n) is 4.05. The van der Waals surface area contributed by atoms with E-state index in [0.717, 1.165) is 32.4 Å². The molecule has 184 valence electrons. The van der Waals surface area contributed by atoms with Crippen molar-refractivity contribution in [1.29, 1.82) is 0 Å². The van der Waals surface area contributed by atoms with Crippen molar-refractivity contribution < 1.29 is 32.3 Å². The standard InChI is InChI=1S/C21H30F3N5O4/c22-21(23,24)18(33-26)17(25)14-4-6-15(7-5-14)19(30)27-12-16-13-32-11-10-29(16)20(31)28-8-2-1-3-9-28/h4-7,16-18H,1-3,8-13,25-26H2,(H,27,30)/t16?,17?,18-/m1/s1. The fourth-order valence-corrected chi connectivity index (χ4v) is 4.05. The number of piperidine rings is 1. The molecule has 1 aromatic rings. The first-order valence-corrected chi connectivity index (χ1v) is 10.9. The van der Waals surface area contributed by atoms with E-state index in [1.807, 2.05) is 4.90 Å². The van der Waals surface area contributed by atoms with Crippen LogP contribution in [0.1, 0.15) is 41.2 Å². The Labute approximate surface area is 190 Å². The summed E-state index contributed by atoms with van der Waals surface area (Å²) in [6.07, 6.45) is -4.01. The van der Waals surface area contributed by atoms with E-state index in [2.05, 4.69) is 10.2 Å². The minimum atomic E-state index is -4.73. The number of carbonyl (C=O) groups excluding carboxylic acids is 2. The molecular formula is C21H30F3N5O4. The molecule has 0 radical (unpaired) electrons. The monoisotopic (exact) mass is 473 g/mol. The molecule has 2 aliphatic heterocycles. The molecule has 0 aromatic heterocycles. The van der Waals surface area contributed by atoms with Crippen LogP contribution in [0.2, 0.25) is 0 Å². The summed E-state index contributed by atoms with van der Waals surface area (Å²) in [5.74, 6) is 4.34. The van der Waals surface area contributed by atoms with Crippen molar-refractivity contribution in [3.8, 4) is 0 Å². The lowest BCUT2D eigenvalue weighted by molar-refractivity contribution is -0.228. The van der Waals surface area contributed by atoms with Gasteiger partial charge < -0.3 is 25.6 Å². The number of nitrogens with two attached hydrogens (primary N) is 2. The number of urea groups is 1. The van der Waals surface area contributed by atoms with Crippen molar-refractivity contribution in [2.75, 3.05) is 39.4 Å². The molecule has 2 saturated heterocycles. The molecule has 3 amide bonds. The molecule has 0 aliphatic carbocycles. The van der Waals surface area contributed by atoms with Gasteiger partial charge in [0.25, 0.3) is 5.91 Å². The van der Waals surface area contributed by atoms with Crippen LogP contribution in [-0.2, 0) is 9.57 Å². The van der Waals surface area contributed by atoms with Crippen molar-refractivity contribution in [2.24, 2.45) is 11.6 Å². The van der Waals surface area contributed by atoms with E-state index in [4.69, 9.17) is 16.4 Å². The molecule has 5 N–H and O–H groups in total. The minimum Gasteiger partial charge on any atom is -0.377 e. The highest BCUT2D eigenvalue weighted by molar-refractivity contribution is 5.94. The highest BCUT2D eigenvalue weighted by Gasteiger charge is 2.45. The first-order valence-electron chi connectivity index (χ1n) is 10.9. The van der Waals surface area contributed by atoms with Gasteiger partial charge in [-0.15, -0.1) is 0 Å². The van der Waals surface area contributed by atoms with Crippen LogP contribution in [0.25, 0.3) is 0 Å². The highest BCUT2D eigenvalue weighted by Crippen LogP contribution is 2.30. The van der Waals surface area contributed by atoms with E-state index in [1.165, 1.54) is 24.3 Å². The van der Waals surface area contributed by atoms with Gasteiger partial charge in [-0.25, -0.2) is 10.7 Å². The second kappa shape index (κ2) is 11.1. The van der Waals surface area contributed by atoms with E-state index in [9.17, 15) is 22.8 Å². The van der Waals surface area contributed by atoms with Crippen molar-refractivity contribution in [2.45, 2.75) is 43.6 Å². The number of amides is 3. The molecule has 2 aliphatic rings. The number of hydrogen-bond donors (Lipinski definition) is 3. The quantitative estimate of drug-likeness (QED) is 0.539. The Balaban J connectivity index is 1.58. The van der Waals surface area contributed by atoms with Crippen LogP contribution >= 0.6 is 0 Å². The Morgan fingerprint density at radius 3 is 2.42 bits per heavy atom. The van der Waals surface area contributed by atoms with Crippen LogP contribution in [0.4, 0.5) is 18.0 Å². The van der Waals surface area contributed by atoms with Crippen molar-refractivity contribution in [1.82, 2.24) is 15.1 Å². The number of hydrogen-bond acceptors (Lipinski definition) is 6. The maximum absolute atomic E-state index is 13.0. The van der Waals surface area contributed by atoms with Crippen LogP contribution in [0.15, 0.2) is 24.3 Å². The van der Waals surface area contributed by atoms with Gasteiger partial charge >= 0.3 is 12.2 Å². The highest BCUT2D eigenvalue weighted by atomic mass is 19.4. The lowest BCUT2D eigenvalue weighted by Crippen LogP contribution is -2.57. The zero-order valence-corrected chi connectivity index (χ0v) is 18.2. The van der Waals surface area contributed by atoms with Gasteiger partial charge in [0.2, 0.25) is 0 Å². The lowest BCUT2D eigenvalue weighted by atomic mass is 10.0. The number of benzene rings is 1. The maximum Gasteiger partial charge on any atom is 0.418 e. The first-order chi connectivity index (χ1) is 15.7. The summed E-state index contributed by atoms with van der Waals surface area (Å²) in [4.78, 5) is 33.1. The molecule has 2 heterocycles. The van der Waals surface area contributed by atoms with E-state index in [-0.39, 0.29) is 29.7 Å². The minimum absolute atomic E-state index is 0.0445. The number of halogens is 3. The van der Waals surface area contributed by atoms with Gasteiger partial charge in [-0.3, -0.25) is 9.63 Å². The van der Waals surface area contributed by atoms with Gasteiger partial charge in [-0.2, -0.15) is 13.2 Å². The van der Waals surface area contributed by atoms with Gasteiger partial charge in [-0.1, -0.05) is 12.1 Å². The number of nitrogens with one attached hydrogen (secondary N) is 1. The number of rotatable bonds is 6. The topological polar surface area (TPSA) is 123 Å². The smallest absolute Gasteiger partial charge is 0.377 e. The summed E-state index contributed by atoms with van der Waals surface area (Å²) >= 11 is 0. The van der Waals surface area contributed by atoms with Crippen LogP contribution in [0.3, 0.4) is 0 Å². The third-order valence-corrected chi connectivity index (χ3v) is 5.95. The number of likely N-dealkylation sites (tertiary alicyclic amines) is 1. The Morgan fingerprint density at radius 1 is 1.15 bits per heavy atom. The van der Waals surface area contributed by atoms with Gasteiger partial charge in [0.15, 0.2) is 6.10 Å². The van der Waals surface area contributed by atoms with E-state index < -0.39 is 24.2 Å². The van der Waals surface area contributed by atoms with E-state index >= 15 is 0 Å². The first kappa shape index (κ1) is 25.2. The molecule has 0 bridgehead atoms. The zero-order chi connectivity index (χ0) is 24.0. The summed E-state index contributed by atoms with van der Waals surface area (Å²) < 4.78 is 44.4. The predicted octanol–water partition coefficient (Wildman–Crippen LogP) is 1.54. The average Bonchev–Trinajstić information content (AvgIpc) is 2.82. The number of alkyl halides is 3. The summed E-state index contributed by atoms with van der Waals surface area (Å²) in [6.45, 7) is 2.86. The Morgan fingerprint density at radius 2 is 1.82 bits per heavy atom. The normalized spacial score (nSPS) is 21.4. The molecule has 2 fully saturated rings. The summed E-state index contributed by atoms with van der Waals surface area (Å²) in [7, 11) is 0. The fraction of sp³-hybridized carbons (Fsp3) is 0.619. The molecule has 0 spiro atoms. The summed E-state index contributed by atoms with van der Waals surface area (Å²) in [5.41, 5.74) is 6.01. The molecule has 3 atom stereocenters. The molecule has 2 unspecified atom stereocenters. The SMILES string of the molecule is NO[C@H](C(N)c1ccc(C(=O)NCC2COCCN2C(=O)N2CCCCC2)cc1)C(F)(F)F. The third kappa shape index (κ3) is 6.34. The van der Waals surface area contributed by atoms with Crippen molar-refractivity contribution in [3.63, 3.8) is 0 Å². The predicted molar refractivity (Wildman–Crippen MR) is 113 cm³/mol. The van der Waals surface area contributed by atoms with Gasteiger partial charge in [0, 0.05) is 31.7 Å². The largest absolute Gasteiger partial charge is 0.418 e. The van der Waals surface area contributed by atoms with Crippen LogP contribution in [-0.4, -0.2) is 79.5 Å². The molecule has 1 aromatic carbocycles. The van der Waals surface area contributed by atoms with Crippen molar-refractivity contribution in [3.05, 3.63) is 35.4 Å². The second-order valence-corrected chi connectivity index (χ2v) is 8.21. The lowest BCUT2D eigenvalue weighted by Gasteiger charge is -2.40. The maximum atomic E-state index is 13.0. The molecule has 33 heavy (non-hydrogen) atoms. The number of carbonyl (C=O) groups is 2. The second-order valence-electron chi connectivity index (χ2n) is 8.21. The Bertz CT molecular complexity index is 802. The third-order valence-electron chi connectivity index (χ3n) is 5.95. The van der Waals surface area contributed by atoms with E-state index in [0.29, 0.717) is 19.8 Å². The molecule has 3 rings (SSSR count). The van der Waals surface area contributed by atoms with Crippen LogP contribution in [0, 0.1) is 0 Å². The summed E-state index contributed by atoms with van der Waals surface area (Å²) in [6, 6.07) is 3.52. The molecular weight excluding hydrogens is 443 g/mol. The van der Waals surface area contributed by atoms with Crippen molar-refractivity contribution >= 4 is 11.9 Å². The molecule has 0 saturated carbocycles. The molecule has 9 nitrogen and oxygen atoms in total. The van der Waals surface area contributed by atoms with Gasteiger partial charge in [-0.05, 0) is 37.0 Å². The van der Waals surface area contributed by atoms with E-state index in [1.54, 1.807) is 4.90 Å². The Hall–Kier alpha value is -2.41. The number of nitrogens with zero attached hydrogens (tertiary/aromatic N) is 2. The van der Waals surface area contributed by atoms with Crippen LogP contribution < -0.4 is 16.9 Å². The van der Waals surface area contributed by atoms with Crippen LogP contribution in [0.5, 0.6) is 0 Å². The zero-order valence-electron chi connectivity index (χ0n) is 18.2. The van der Waals surface area contributed by atoms with Gasteiger partial charge in [0.1, 0.15) is 0 Å². The van der Waals surface area contributed by atoms with Gasteiger partial charge in [0.05, 0.1) is 25.3 Å². The Kier molecular flexibility index (Phi) is 8.51. The summed E-state index contributed by atoms with van der Waals surface area (Å²) in [5, 5.41) is 2.78. The number of ether oxygens (including phenoxy) is 1. The average molecular weight is 473 g/mol.